The van der Waals surface area contributed by atoms with Gasteiger partial charge in [-0.1, -0.05) is 56.3 Å². The van der Waals surface area contributed by atoms with Gasteiger partial charge >= 0.3 is 5.97 Å². The molecular formula is C34H43N5O8. The molecule has 0 aliphatic carbocycles. The Labute approximate surface area is 273 Å². The van der Waals surface area contributed by atoms with Gasteiger partial charge in [0.25, 0.3) is 0 Å². The molecule has 2 aromatic carbocycles. The quantitative estimate of drug-likeness (QED) is 0.111. The third-order valence-corrected chi connectivity index (χ3v) is 7.11. The molecule has 47 heavy (non-hydrogen) atoms. The first kappa shape index (κ1) is 36.3. The summed E-state index contributed by atoms with van der Waals surface area (Å²) in [6.07, 6.45) is 2.29. The van der Waals surface area contributed by atoms with E-state index in [0.29, 0.717) is 12.2 Å². The number of rotatable bonds is 18. The lowest BCUT2D eigenvalue weighted by Gasteiger charge is -2.23. The van der Waals surface area contributed by atoms with Crippen molar-refractivity contribution in [2.45, 2.75) is 57.8 Å². The maximum atomic E-state index is 13.3. The molecular weight excluding hydrogens is 606 g/mol. The number of furan rings is 1. The number of amides is 4. The van der Waals surface area contributed by atoms with Crippen LogP contribution in [-0.2, 0) is 48.1 Å². The summed E-state index contributed by atoms with van der Waals surface area (Å²) in [5.74, 6) is -2.05. The highest BCUT2D eigenvalue weighted by Crippen LogP contribution is 2.12. The molecule has 0 bridgehead atoms. The third kappa shape index (κ3) is 13.0. The van der Waals surface area contributed by atoms with Gasteiger partial charge in [0.15, 0.2) is 0 Å². The minimum Gasteiger partial charge on any atom is -0.508 e. The smallest absolute Gasteiger partial charge is 0.328 e. The fourth-order valence-corrected chi connectivity index (χ4v) is 4.70. The van der Waals surface area contributed by atoms with E-state index in [1.807, 2.05) is 19.9 Å². The number of ether oxygens (including phenoxy) is 1. The van der Waals surface area contributed by atoms with Crippen LogP contribution in [0.4, 0.5) is 0 Å². The summed E-state index contributed by atoms with van der Waals surface area (Å²) in [4.78, 5) is 64.0. The Balaban J connectivity index is 1.56. The molecule has 0 aliphatic heterocycles. The molecule has 1 aromatic heterocycles. The lowest BCUT2D eigenvalue weighted by molar-refractivity contribution is -0.145. The highest BCUT2D eigenvalue weighted by atomic mass is 16.5. The fraction of sp³-hybridized carbons (Fsp3) is 0.382. The van der Waals surface area contributed by atoms with E-state index in [9.17, 15) is 29.1 Å². The topological polar surface area (TPSA) is 188 Å². The van der Waals surface area contributed by atoms with Gasteiger partial charge in [0.1, 0.15) is 23.6 Å². The number of phenols is 1. The van der Waals surface area contributed by atoms with E-state index in [2.05, 4.69) is 26.6 Å². The zero-order chi connectivity index (χ0) is 34.2. The SMILES string of the molecule is COC(=O)[C@H](CC(C)C)NC(=O)[C@H](Cc1ccccc1)NC(=O)CNC(=O)CNC(=O)[C@H](Cc1ccc(O)cc1)NCc1ccco1. The monoisotopic (exact) mass is 649 g/mol. The van der Waals surface area contributed by atoms with Gasteiger partial charge in [-0.3, -0.25) is 24.5 Å². The van der Waals surface area contributed by atoms with E-state index in [1.165, 1.54) is 25.5 Å². The first-order valence-electron chi connectivity index (χ1n) is 15.3. The second-order valence-corrected chi connectivity index (χ2v) is 11.4. The molecule has 0 spiro atoms. The van der Waals surface area contributed by atoms with E-state index < -0.39 is 60.8 Å². The summed E-state index contributed by atoms with van der Waals surface area (Å²) in [5.41, 5.74) is 1.56. The standard InChI is InChI=1S/C34H43N5O8/c1-22(2)16-29(34(45)46-3)39-33(44)28(18-23-8-5-4-6-9-23)38-31(42)21-36-30(41)20-37-32(43)27(35-19-26-10-7-15-47-26)17-24-11-13-25(40)14-12-24/h4-15,22,27-29,35,40H,16-21H2,1-3H3,(H,36,41)(H,37,43)(H,38,42)(H,39,44)/t27-,28-,29-/m0/s1. The molecule has 0 unspecified atom stereocenters. The number of nitrogens with one attached hydrogen (secondary N) is 5. The minimum atomic E-state index is -1.04. The normalized spacial score (nSPS) is 12.8. The molecule has 252 valence electrons. The highest BCUT2D eigenvalue weighted by molar-refractivity contribution is 5.93. The predicted molar refractivity (Wildman–Crippen MR) is 173 cm³/mol. The summed E-state index contributed by atoms with van der Waals surface area (Å²) >= 11 is 0. The summed E-state index contributed by atoms with van der Waals surface area (Å²) in [6, 6.07) is 16.3. The number of aromatic hydroxyl groups is 1. The van der Waals surface area contributed by atoms with Gasteiger partial charge in [-0.25, -0.2) is 4.79 Å². The van der Waals surface area contributed by atoms with Gasteiger partial charge in [0.05, 0.1) is 39.0 Å². The van der Waals surface area contributed by atoms with Gasteiger partial charge in [0.2, 0.25) is 23.6 Å². The Kier molecular flexibility index (Phi) is 14.5. The molecule has 3 aromatic rings. The summed E-state index contributed by atoms with van der Waals surface area (Å²) in [7, 11) is 1.24. The summed E-state index contributed by atoms with van der Waals surface area (Å²) < 4.78 is 10.2. The molecule has 3 atom stereocenters. The number of phenolic OH excluding ortho intramolecular Hbond substituents is 1. The number of carbonyl (C=O) groups excluding carboxylic acids is 5. The molecule has 13 heteroatoms. The Morgan fingerprint density at radius 3 is 2.04 bits per heavy atom. The van der Waals surface area contributed by atoms with Crippen molar-refractivity contribution in [1.82, 2.24) is 26.6 Å². The lowest BCUT2D eigenvalue weighted by Crippen LogP contribution is -2.54. The van der Waals surface area contributed by atoms with Crippen molar-refractivity contribution in [3.63, 3.8) is 0 Å². The fourth-order valence-electron chi connectivity index (χ4n) is 4.70. The maximum absolute atomic E-state index is 13.3. The van der Waals surface area contributed by atoms with Crippen LogP contribution >= 0.6 is 0 Å². The number of methoxy groups -OCH3 is 1. The molecule has 6 N–H and O–H groups in total. The molecule has 0 saturated heterocycles. The zero-order valence-electron chi connectivity index (χ0n) is 26.8. The van der Waals surface area contributed by atoms with Crippen molar-refractivity contribution in [2.75, 3.05) is 20.2 Å². The van der Waals surface area contributed by atoms with Gasteiger partial charge in [0, 0.05) is 6.42 Å². The van der Waals surface area contributed by atoms with E-state index in [1.54, 1.807) is 48.5 Å². The van der Waals surface area contributed by atoms with Gasteiger partial charge in [-0.05, 0) is 54.2 Å². The zero-order valence-corrected chi connectivity index (χ0v) is 26.8. The molecule has 0 fully saturated rings. The highest BCUT2D eigenvalue weighted by Gasteiger charge is 2.28. The predicted octanol–water partition coefficient (Wildman–Crippen LogP) is 1.35. The molecule has 0 radical (unpaired) electrons. The van der Waals surface area contributed by atoms with Gasteiger partial charge in [-0.15, -0.1) is 0 Å². The van der Waals surface area contributed by atoms with Crippen LogP contribution in [0.15, 0.2) is 77.4 Å². The molecule has 13 nitrogen and oxygen atoms in total. The third-order valence-electron chi connectivity index (χ3n) is 7.11. The summed E-state index contributed by atoms with van der Waals surface area (Å²) in [6.45, 7) is 3.23. The Morgan fingerprint density at radius 1 is 0.745 bits per heavy atom. The van der Waals surface area contributed by atoms with Gasteiger partial charge < -0.3 is 35.5 Å². The van der Waals surface area contributed by atoms with E-state index in [-0.39, 0.29) is 31.1 Å². The van der Waals surface area contributed by atoms with Gasteiger partial charge in [-0.2, -0.15) is 0 Å². The van der Waals surface area contributed by atoms with Crippen LogP contribution < -0.4 is 26.6 Å². The number of hydrogen-bond acceptors (Lipinski definition) is 9. The van der Waals surface area contributed by atoms with Crippen LogP contribution in [0.3, 0.4) is 0 Å². The van der Waals surface area contributed by atoms with Crippen LogP contribution in [-0.4, -0.2) is 73.0 Å². The molecule has 0 saturated carbocycles. The van der Waals surface area contributed by atoms with E-state index >= 15 is 0 Å². The van der Waals surface area contributed by atoms with Crippen LogP contribution in [0.5, 0.6) is 5.75 Å². The molecule has 0 aliphatic rings. The Morgan fingerprint density at radius 2 is 1.40 bits per heavy atom. The minimum absolute atomic E-state index is 0.0899. The average Bonchev–Trinajstić information content (AvgIpc) is 3.58. The number of hydrogen-bond donors (Lipinski definition) is 6. The second-order valence-electron chi connectivity index (χ2n) is 11.4. The Bertz CT molecular complexity index is 1440. The molecule has 4 amide bonds. The first-order valence-corrected chi connectivity index (χ1v) is 15.3. The molecule has 1 heterocycles. The average molecular weight is 650 g/mol. The lowest BCUT2D eigenvalue weighted by atomic mass is 10.0. The van der Waals surface area contributed by atoms with Crippen LogP contribution in [0.1, 0.15) is 37.2 Å². The molecule has 3 rings (SSSR count). The number of esters is 1. The van der Waals surface area contributed by atoms with Crippen molar-refractivity contribution in [3.05, 3.63) is 89.9 Å². The van der Waals surface area contributed by atoms with Crippen molar-refractivity contribution in [1.29, 1.82) is 0 Å². The number of carbonyl (C=O) groups is 5. The number of benzene rings is 2. The Hall–Kier alpha value is -5.17. The van der Waals surface area contributed by atoms with Crippen LogP contribution in [0, 0.1) is 5.92 Å². The largest absolute Gasteiger partial charge is 0.508 e. The van der Waals surface area contributed by atoms with Crippen molar-refractivity contribution < 1.29 is 38.2 Å². The summed E-state index contributed by atoms with van der Waals surface area (Å²) in [5, 5.41) is 23.1. The van der Waals surface area contributed by atoms with Crippen molar-refractivity contribution >= 4 is 29.6 Å². The van der Waals surface area contributed by atoms with E-state index in [0.717, 1.165) is 11.1 Å². The van der Waals surface area contributed by atoms with Crippen molar-refractivity contribution in [3.8, 4) is 5.75 Å². The van der Waals surface area contributed by atoms with Crippen molar-refractivity contribution in [2.24, 2.45) is 5.92 Å². The maximum Gasteiger partial charge on any atom is 0.328 e. The van der Waals surface area contributed by atoms with Crippen LogP contribution in [0.2, 0.25) is 0 Å². The first-order chi connectivity index (χ1) is 22.5. The van der Waals surface area contributed by atoms with Crippen LogP contribution in [0.25, 0.3) is 0 Å². The van der Waals surface area contributed by atoms with E-state index in [4.69, 9.17) is 9.15 Å². The second kappa shape index (κ2) is 18.7.